The molecule has 2 saturated carbocycles. The second-order valence-electron chi connectivity index (χ2n) is 5.57. The van der Waals surface area contributed by atoms with Crippen LogP contribution in [0.2, 0.25) is 0 Å². The van der Waals surface area contributed by atoms with E-state index < -0.39 is 0 Å². The van der Waals surface area contributed by atoms with Crippen molar-refractivity contribution in [3.8, 4) is 0 Å². The number of aromatic nitrogens is 3. The van der Waals surface area contributed by atoms with Gasteiger partial charge in [-0.25, -0.2) is 4.68 Å². The average molecular weight is 252 g/mol. The standard InChI is InChI=1S/C12H20N4S/c13-16-11(14-15-12(16)17)10-6-5-8-3-1-2-4-9(8)7-10/h8-10H,1-7,13H2,(H,15,17). The number of nitrogens with one attached hydrogen (secondary N) is 1. The third kappa shape index (κ3) is 2.01. The molecular formula is C12H20N4S. The number of H-pyrrole nitrogens is 1. The highest BCUT2D eigenvalue weighted by Gasteiger charge is 2.34. The summed E-state index contributed by atoms with van der Waals surface area (Å²) in [7, 11) is 0. The van der Waals surface area contributed by atoms with Crippen LogP contribution in [-0.2, 0) is 0 Å². The van der Waals surface area contributed by atoms with Gasteiger partial charge in [-0.15, -0.1) is 0 Å². The number of hydrogen-bond donors (Lipinski definition) is 2. The molecule has 3 atom stereocenters. The summed E-state index contributed by atoms with van der Waals surface area (Å²) >= 11 is 5.08. The lowest BCUT2D eigenvalue weighted by Gasteiger charge is -2.38. The topological polar surface area (TPSA) is 59.6 Å². The molecule has 0 saturated heterocycles. The maximum Gasteiger partial charge on any atom is 0.214 e. The van der Waals surface area contributed by atoms with E-state index in [1.165, 1.54) is 44.9 Å². The van der Waals surface area contributed by atoms with E-state index in [1.807, 2.05) is 0 Å². The Morgan fingerprint density at radius 2 is 1.94 bits per heavy atom. The lowest BCUT2D eigenvalue weighted by Crippen LogP contribution is -2.29. The normalized spacial score (nSPS) is 33.3. The molecule has 5 heteroatoms. The van der Waals surface area contributed by atoms with Crippen LogP contribution >= 0.6 is 12.2 Å². The smallest absolute Gasteiger partial charge is 0.214 e. The lowest BCUT2D eigenvalue weighted by molar-refractivity contribution is 0.152. The Labute approximate surface area is 107 Å². The van der Waals surface area contributed by atoms with Crippen molar-refractivity contribution in [1.82, 2.24) is 14.9 Å². The van der Waals surface area contributed by atoms with Gasteiger partial charge in [-0.1, -0.05) is 25.7 Å². The lowest BCUT2D eigenvalue weighted by atomic mass is 9.67. The Bertz CT molecular complexity index is 450. The molecule has 3 rings (SSSR count). The predicted octanol–water partition coefficient (Wildman–Crippen LogP) is 2.73. The average Bonchev–Trinajstić information content (AvgIpc) is 2.70. The Hall–Kier alpha value is -0.840. The first-order valence-corrected chi connectivity index (χ1v) is 7.09. The van der Waals surface area contributed by atoms with Crippen molar-refractivity contribution in [2.24, 2.45) is 11.8 Å². The van der Waals surface area contributed by atoms with E-state index in [0.29, 0.717) is 10.7 Å². The van der Waals surface area contributed by atoms with Gasteiger partial charge in [0.25, 0.3) is 0 Å². The second kappa shape index (κ2) is 4.44. The second-order valence-corrected chi connectivity index (χ2v) is 5.96. The van der Waals surface area contributed by atoms with Crippen LogP contribution in [0.25, 0.3) is 0 Å². The monoisotopic (exact) mass is 252 g/mol. The predicted molar refractivity (Wildman–Crippen MR) is 69.6 cm³/mol. The molecule has 0 aliphatic heterocycles. The van der Waals surface area contributed by atoms with Gasteiger partial charge < -0.3 is 5.84 Å². The molecule has 0 aromatic carbocycles. The fourth-order valence-corrected chi connectivity index (χ4v) is 3.85. The number of fused-ring (bicyclic) bond motifs is 1. The molecule has 94 valence electrons. The maximum absolute atomic E-state index is 5.92. The van der Waals surface area contributed by atoms with Crippen molar-refractivity contribution in [2.45, 2.75) is 50.9 Å². The van der Waals surface area contributed by atoms with E-state index in [4.69, 9.17) is 18.1 Å². The Morgan fingerprint density at radius 1 is 1.18 bits per heavy atom. The number of hydrogen-bond acceptors (Lipinski definition) is 3. The van der Waals surface area contributed by atoms with Gasteiger partial charge in [-0.05, 0) is 43.3 Å². The number of nitrogen functional groups attached to an aromatic ring is 1. The van der Waals surface area contributed by atoms with Gasteiger partial charge in [-0.2, -0.15) is 5.10 Å². The van der Waals surface area contributed by atoms with Gasteiger partial charge in [-0.3, -0.25) is 5.10 Å². The Kier molecular flexibility index (Phi) is 2.94. The van der Waals surface area contributed by atoms with E-state index >= 15 is 0 Å². The van der Waals surface area contributed by atoms with E-state index in [0.717, 1.165) is 17.7 Å². The summed E-state index contributed by atoms with van der Waals surface area (Å²) < 4.78 is 2.09. The van der Waals surface area contributed by atoms with Crippen LogP contribution in [0.3, 0.4) is 0 Å². The summed E-state index contributed by atoms with van der Waals surface area (Å²) in [6.07, 6.45) is 9.49. The fourth-order valence-electron chi connectivity index (χ4n) is 3.71. The van der Waals surface area contributed by atoms with Crippen molar-refractivity contribution in [3.63, 3.8) is 0 Å². The highest BCUT2D eigenvalue weighted by molar-refractivity contribution is 7.71. The minimum absolute atomic E-state index is 0.507. The summed E-state index contributed by atoms with van der Waals surface area (Å²) in [6.45, 7) is 0. The van der Waals surface area contributed by atoms with Crippen molar-refractivity contribution in [1.29, 1.82) is 0 Å². The first kappa shape index (κ1) is 11.3. The quantitative estimate of drug-likeness (QED) is 0.597. The largest absolute Gasteiger partial charge is 0.335 e. The van der Waals surface area contributed by atoms with Crippen LogP contribution in [0.1, 0.15) is 56.7 Å². The fraction of sp³-hybridized carbons (Fsp3) is 0.833. The first-order chi connectivity index (χ1) is 8.25. The van der Waals surface area contributed by atoms with Gasteiger partial charge in [0.15, 0.2) is 5.82 Å². The maximum atomic E-state index is 5.92. The van der Waals surface area contributed by atoms with E-state index in [1.54, 1.807) is 4.68 Å². The number of aromatic amines is 1. The van der Waals surface area contributed by atoms with E-state index in [-0.39, 0.29) is 0 Å². The van der Waals surface area contributed by atoms with Crippen molar-refractivity contribution >= 4 is 12.2 Å². The molecule has 2 fully saturated rings. The zero-order chi connectivity index (χ0) is 11.8. The van der Waals surface area contributed by atoms with Gasteiger partial charge in [0.05, 0.1) is 0 Å². The molecule has 1 heterocycles. The van der Waals surface area contributed by atoms with E-state index in [9.17, 15) is 0 Å². The molecule has 0 radical (unpaired) electrons. The molecule has 0 amide bonds. The molecule has 1 aromatic rings. The van der Waals surface area contributed by atoms with E-state index in [2.05, 4.69) is 10.2 Å². The Morgan fingerprint density at radius 3 is 2.65 bits per heavy atom. The van der Waals surface area contributed by atoms with Crippen molar-refractivity contribution in [2.75, 3.05) is 5.84 Å². The molecule has 1 aromatic heterocycles. The van der Waals surface area contributed by atoms with Gasteiger partial charge in [0, 0.05) is 5.92 Å². The summed E-state index contributed by atoms with van der Waals surface area (Å²) in [6, 6.07) is 0. The molecule has 0 bridgehead atoms. The molecular weight excluding hydrogens is 232 g/mol. The zero-order valence-corrected chi connectivity index (χ0v) is 10.9. The summed E-state index contributed by atoms with van der Waals surface area (Å²) in [4.78, 5) is 0. The molecule has 3 unspecified atom stereocenters. The van der Waals surface area contributed by atoms with Gasteiger partial charge in [0.1, 0.15) is 0 Å². The van der Waals surface area contributed by atoms with Gasteiger partial charge >= 0.3 is 0 Å². The molecule has 4 nitrogen and oxygen atoms in total. The highest BCUT2D eigenvalue weighted by atomic mass is 32.1. The molecule has 0 spiro atoms. The first-order valence-electron chi connectivity index (χ1n) is 6.68. The SMILES string of the molecule is Nn1c(C2CCC3CCCCC3C2)n[nH]c1=S. The molecule has 2 aliphatic carbocycles. The molecule has 2 aliphatic rings. The zero-order valence-electron chi connectivity index (χ0n) is 10.1. The third-order valence-electron chi connectivity index (χ3n) is 4.64. The number of rotatable bonds is 1. The highest BCUT2D eigenvalue weighted by Crippen LogP contribution is 2.45. The van der Waals surface area contributed by atoms with Crippen LogP contribution in [0.4, 0.5) is 0 Å². The number of nitrogens with zero attached hydrogens (tertiary/aromatic N) is 2. The van der Waals surface area contributed by atoms with Crippen molar-refractivity contribution < 1.29 is 0 Å². The van der Waals surface area contributed by atoms with Crippen molar-refractivity contribution in [3.05, 3.63) is 10.6 Å². The van der Waals surface area contributed by atoms with Crippen LogP contribution in [0.15, 0.2) is 0 Å². The molecule has 17 heavy (non-hydrogen) atoms. The summed E-state index contributed by atoms with van der Waals surface area (Å²) in [5, 5.41) is 7.09. The third-order valence-corrected chi connectivity index (χ3v) is 4.92. The number of nitrogens with two attached hydrogens (primary N) is 1. The minimum atomic E-state index is 0.507. The van der Waals surface area contributed by atoms with Crippen LogP contribution in [0, 0.1) is 16.6 Å². The van der Waals surface area contributed by atoms with Crippen LogP contribution < -0.4 is 5.84 Å². The van der Waals surface area contributed by atoms with Gasteiger partial charge in [0.2, 0.25) is 4.77 Å². The minimum Gasteiger partial charge on any atom is -0.335 e. The van der Waals surface area contributed by atoms with Crippen LogP contribution in [0.5, 0.6) is 0 Å². The summed E-state index contributed by atoms with van der Waals surface area (Å²) in [5.74, 6) is 9.25. The molecule has 3 N–H and O–H groups in total. The summed E-state index contributed by atoms with van der Waals surface area (Å²) in [5.41, 5.74) is 0. The van der Waals surface area contributed by atoms with Crippen LogP contribution in [-0.4, -0.2) is 14.9 Å². The Balaban J connectivity index is 1.78.